The van der Waals surface area contributed by atoms with Crippen LogP contribution in [0.3, 0.4) is 0 Å². The fourth-order valence-corrected chi connectivity index (χ4v) is 4.61. The summed E-state index contributed by atoms with van der Waals surface area (Å²) in [6, 6.07) is 12.2. The summed E-state index contributed by atoms with van der Waals surface area (Å²) in [4.78, 5) is 19.1. The molecule has 0 spiro atoms. The second-order valence-corrected chi connectivity index (χ2v) is 7.79. The van der Waals surface area contributed by atoms with Gasteiger partial charge in [0.05, 0.1) is 10.9 Å². The number of benzene rings is 1. The lowest BCUT2D eigenvalue weighted by atomic mass is 9.99. The van der Waals surface area contributed by atoms with Gasteiger partial charge < -0.3 is 5.32 Å². The van der Waals surface area contributed by atoms with Crippen LogP contribution in [0.5, 0.6) is 0 Å². The van der Waals surface area contributed by atoms with Gasteiger partial charge in [0.15, 0.2) is 0 Å². The number of hydrogen-bond acceptors (Lipinski definition) is 4. The van der Waals surface area contributed by atoms with Crippen molar-refractivity contribution in [3.8, 4) is 0 Å². The summed E-state index contributed by atoms with van der Waals surface area (Å²) < 4.78 is 1.80. The van der Waals surface area contributed by atoms with Gasteiger partial charge in [-0.3, -0.25) is 9.48 Å². The molecule has 0 bridgehead atoms. The van der Waals surface area contributed by atoms with Crippen molar-refractivity contribution in [1.82, 2.24) is 20.1 Å². The van der Waals surface area contributed by atoms with Crippen LogP contribution >= 0.6 is 11.3 Å². The van der Waals surface area contributed by atoms with Gasteiger partial charge in [-0.2, -0.15) is 5.10 Å². The molecule has 6 heteroatoms. The summed E-state index contributed by atoms with van der Waals surface area (Å²) >= 11 is 1.66. The Morgan fingerprint density at radius 1 is 1.23 bits per heavy atom. The number of carbonyl (C=O) groups is 1. The maximum Gasteiger partial charge on any atom is 0.261 e. The van der Waals surface area contributed by atoms with Gasteiger partial charge in [0.2, 0.25) is 0 Å². The Labute approximate surface area is 157 Å². The summed E-state index contributed by atoms with van der Waals surface area (Å²) in [7, 11) is 0. The molecule has 0 fully saturated rings. The molecule has 1 atom stereocenters. The Kier molecular flexibility index (Phi) is 5.11. The SMILES string of the molecule is O=C(N[C@H](CCn1cncn1)c1ccccc1)c1cc2c(s1)CCCC2. The second kappa shape index (κ2) is 7.83. The van der Waals surface area contributed by atoms with Crippen LogP contribution in [0.1, 0.15) is 51.0 Å². The van der Waals surface area contributed by atoms with E-state index in [-0.39, 0.29) is 11.9 Å². The van der Waals surface area contributed by atoms with Crippen LogP contribution < -0.4 is 5.32 Å². The Morgan fingerprint density at radius 3 is 2.85 bits per heavy atom. The van der Waals surface area contributed by atoms with Gasteiger partial charge >= 0.3 is 0 Å². The van der Waals surface area contributed by atoms with E-state index in [4.69, 9.17) is 0 Å². The van der Waals surface area contributed by atoms with Gasteiger partial charge in [0, 0.05) is 11.4 Å². The third kappa shape index (κ3) is 3.85. The zero-order valence-electron chi connectivity index (χ0n) is 14.6. The molecule has 4 rings (SSSR count). The van der Waals surface area contributed by atoms with Crippen molar-refractivity contribution in [1.29, 1.82) is 0 Å². The van der Waals surface area contributed by atoms with Crippen LogP contribution in [0.2, 0.25) is 0 Å². The van der Waals surface area contributed by atoms with Crippen LogP contribution in [-0.2, 0) is 19.4 Å². The summed E-state index contributed by atoms with van der Waals surface area (Å²) in [6.45, 7) is 0.709. The molecule has 134 valence electrons. The lowest BCUT2D eigenvalue weighted by Gasteiger charge is -2.19. The number of nitrogens with zero attached hydrogens (tertiary/aromatic N) is 3. The quantitative estimate of drug-likeness (QED) is 0.722. The summed E-state index contributed by atoms with van der Waals surface area (Å²) in [5, 5.41) is 7.39. The first-order valence-corrected chi connectivity index (χ1v) is 9.91. The second-order valence-electron chi connectivity index (χ2n) is 6.65. The molecule has 1 aliphatic carbocycles. The van der Waals surface area contributed by atoms with Gasteiger partial charge in [0.1, 0.15) is 12.7 Å². The van der Waals surface area contributed by atoms with E-state index in [2.05, 4.69) is 33.6 Å². The standard InChI is InChI=1S/C20H22N4OS/c25-20(19-12-16-8-4-5-9-18(16)26-19)23-17(15-6-2-1-3-7-15)10-11-24-14-21-13-22-24/h1-3,6-7,12-14,17H,4-5,8-11H2,(H,23,25)/t17-/m1/s1. The van der Waals surface area contributed by atoms with Crippen LogP contribution in [-0.4, -0.2) is 20.7 Å². The van der Waals surface area contributed by atoms with Crippen molar-refractivity contribution >= 4 is 17.2 Å². The van der Waals surface area contributed by atoms with Crippen LogP contribution in [0.15, 0.2) is 49.1 Å². The van der Waals surface area contributed by atoms with Crippen LogP contribution in [0.4, 0.5) is 0 Å². The predicted molar refractivity (Wildman–Crippen MR) is 102 cm³/mol. The van der Waals surface area contributed by atoms with E-state index >= 15 is 0 Å². The molecule has 0 radical (unpaired) electrons. The largest absolute Gasteiger partial charge is 0.344 e. The number of amides is 1. The van der Waals surface area contributed by atoms with Crippen molar-refractivity contribution in [3.63, 3.8) is 0 Å². The van der Waals surface area contributed by atoms with E-state index in [0.717, 1.165) is 29.7 Å². The Hall–Kier alpha value is -2.47. The van der Waals surface area contributed by atoms with Crippen molar-refractivity contribution in [2.24, 2.45) is 0 Å². The number of thiophene rings is 1. The first kappa shape index (κ1) is 17.0. The van der Waals surface area contributed by atoms with E-state index in [1.54, 1.807) is 22.3 Å². The Morgan fingerprint density at radius 2 is 2.08 bits per heavy atom. The fraction of sp³-hybridized carbons (Fsp3) is 0.350. The molecule has 1 N–H and O–H groups in total. The number of hydrogen-bond donors (Lipinski definition) is 1. The molecule has 0 saturated heterocycles. The molecule has 1 amide bonds. The van der Waals surface area contributed by atoms with Gasteiger partial charge in [-0.1, -0.05) is 30.3 Å². The number of nitrogens with one attached hydrogen (secondary N) is 1. The smallest absolute Gasteiger partial charge is 0.261 e. The predicted octanol–water partition coefficient (Wildman–Crippen LogP) is 3.78. The maximum atomic E-state index is 12.9. The molecular formula is C20H22N4OS. The zero-order chi connectivity index (χ0) is 17.8. The average molecular weight is 366 g/mol. The van der Waals surface area contributed by atoms with E-state index in [1.807, 2.05) is 18.2 Å². The van der Waals surface area contributed by atoms with E-state index in [9.17, 15) is 4.79 Å². The van der Waals surface area contributed by atoms with Gasteiger partial charge in [-0.15, -0.1) is 11.3 Å². The van der Waals surface area contributed by atoms with Crippen molar-refractivity contribution in [2.45, 2.75) is 44.7 Å². The third-order valence-corrected chi connectivity index (χ3v) is 6.08. The molecule has 0 saturated carbocycles. The monoisotopic (exact) mass is 366 g/mol. The zero-order valence-corrected chi connectivity index (χ0v) is 15.4. The summed E-state index contributed by atoms with van der Waals surface area (Å²) in [6.07, 6.45) is 8.69. The first-order valence-electron chi connectivity index (χ1n) is 9.09. The van der Waals surface area contributed by atoms with Gasteiger partial charge in [-0.05, 0) is 49.3 Å². The van der Waals surface area contributed by atoms with Gasteiger partial charge in [-0.25, -0.2) is 4.98 Å². The molecular weight excluding hydrogens is 344 g/mol. The van der Waals surface area contributed by atoms with Crippen molar-refractivity contribution in [3.05, 3.63) is 69.9 Å². The minimum Gasteiger partial charge on any atom is -0.344 e. The Bertz CT molecular complexity index is 834. The van der Waals surface area contributed by atoms with E-state index < -0.39 is 0 Å². The number of aromatic nitrogens is 3. The number of rotatable bonds is 6. The number of aryl methyl sites for hydroxylation is 3. The fourth-order valence-electron chi connectivity index (χ4n) is 3.45. The molecule has 2 aromatic heterocycles. The highest BCUT2D eigenvalue weighted by molar-refractivity contribution is 7.14. The molecule has 1 aliphatic rings. The summed E-state index contributed by atoms with van der Waals surface area (Å²) in [5.74, 6) is 0.0249. The molecule has 5 nitrogen and oxygen atoms in total. The minimum absolute atomic E-state index is 0.0249. The normalized spacial score (nSPS) is 14.6. The molecule has 0 unspecified atom stereocenters. The highest BCUT2D eigenvalue weighted by atomic mass is 32.1. The van der Waals surface area contributed by atoms with Gasteiger partial charge in [0.25, 0.3) is 5.91 Å². The minimum atomic E-state index is -0.0490. The lowest BCUT2D eigenvalue weighted by Crippen LogP contribution is -2.29. The number of carbonyl (C=O) groups excluding carboxylic acids is 1. The average Bonchev–Trinajstić information content (AvgIpc) is 3.35. The molecule has 1 aromatic carbocycles. The van der Waals surface area contributed by atoms with E-state index in [0.29, 0.717) is 6.54 Å². The third-order valence-electron chi connectivity index (χ3n) is 4.84. The maximum absolute atomic E-state index is 12.9. The van der Waals surface area contributed by atoms with Crippen molar-refractivity contribution < 1.29 is 4.79 Å². The van der Waals surface area contributed by atoms with E-state index in [1.165, 1.54) is 29.6 Å². The van der Waals surface area contributed by atoms with Crippen LogP contribution in [0, 0.1) is 0 Å². The number of fused-ring (bicyclic) bond motifs is 1. The molecule has 2 heterocycles. The molecule has 0 aliphatic heterocycles. The summed E-state index contributed by atoms with van der Waals surface area (Å²) in [5.41, 5.74) is 2.48. The highest BCUT2D eigenvalue weighted by Gasteiger charge is 2.20. The first-order chi connectivity index (χ1) is 12.8. The molecule has 26 heavy (non-hydrogen) atoms. The Balaban J connectivity index is 1.50. The highest BCUT2D eigenvalue weighted by Crippen LogP contribution is 2.30. The van der Waals surface area contributed by atoms with Crippen molar-refractivity contribution in [2.75, 3.05) is 0 Å². The molecule has 3 aromatic rings. The van der Waals surface area contributed by atoms with Crippen LogP contribution in [0.25, 0.3) is 0 Å². The lowest BCUT2D eigenvalue weighted by molar-refractivity contribution is 0.0937. The topological polar surface area (TPSA) is 59.8 Å².